The number of hydrogen-bond acceptors (Lipinski definition) is 5. The molecular formula is C26H32N4O. The number of rotatable bonds is 7. The van der Waals surface area contributed by atoms with Gasteiger partial charge in [0.25, 0.3) is 0 Å². The molecule has 5 nitrogen and oxygen atoms in total. The van der Waals surface area contributed by atoms with Gasteiger partial charge in [0.05, 0.1) is 6.10 Å². The molecule has 0 unspecified atom stereocenters. The molecular weight excluding hydrogens is 384 g/mol. The van der Waals surface area contributed by atoms with Crippen molar-refractivity contribution in [2.45, 2.75) is 32.8 Å². The number of aliphatic hydroxyl groups excluding tert-OH is 1. The Morgan fingerprint density at radius 3 is 2.10 bits per heavy atom. The number of aromatic nitrogens is 2. The molecule has 1 aliphatic heterocycles. The van der Waals surface area contributed by atoms with Crippen LogP contribution in [-0.2, 0) is 12.8 Å². The average Bonchev–Trinajstić information content (AvgIpc) is 2.77. The predicted molar refractivity (Wildman–Crippen MR) is 126 cm³/mol. The second kappa shape index (κ2) is 10.0. The SMILES string of the molecule is Cc1nc(C)c(Cc2ccccc2)c(N2CCN(C[C@@H](O)Cc3ccccc3)CC2)n1. The lowest BCUT2D eigenvalue weighted by Gasteiger charge is -2.37. The molecule has 4 rings (SSSR count). The van der Waals surface area contributed by atoms with Gasteiger partial charge in [-0.1, -0.05) is 60.7 Å². The molecule has 0 spiro atoms. The first kappa shape index (κ1) is 21.5. The fourth-order valence-corrected chi connectivity index (χ4v) is 4.38. The van der Waals surface area contributed by atoms with Gasteiger partial charge in [-0.2, -0.15) is 0 Å². The van der Waals surface area contributed by atoms with Crippen molar-refractivity contribution < 1.29 is 5.11 Å². The molecule has 1 N–H and O–H groups in total. The van der Waals surface area contributed by atoms with E-state index in [2.05, 4.69) is 58.1 Å². The predicted octanol–water partition coefficient (Wildman–Crippen LogP) is 3.41. The quantitative estimate of drug-likeness (QED) is 0.640. The van der Waals surface area contributed by atoms with E-state index in [0.29, 0.717) is 13.0 Å². The lowest BCUT2D eigenvalue weighted by molar-refractivity contribution is 0.109. The smallest absolute Gasteiger partial charge is 0.136 e. The number of aryl methyl sites for hydroxylation is 2. The van der Waals surface area contributed by atoms with Gasteiger partial charge in [-0.05, 0) is 31.4 Å². The van der Waals surface area contributed by atoms with E-state index < -0.39 is 0 Å². The molecule has 0 amide bonds. The molecule has 2 aromatic carbocycles. The number of hydrogen-bond donors (Lipinski definition) is 1. The topological polar surface area (TPSA) is 52.5 Å². The Balaban J connectivity index is 1.40. The molecule has 162 valence electrons. The highest BCUT2D eigenvalue weighted by Gasteiger charge is 2.23. The van der Waals surface area contributed by atoms with Crippen molar-refractivity contribution in [2.24, 2.45) is 0 Å². The van der Waals surface area contributed by atoms with E-state index in [4.69, 9.17) is 4.98 Å². The maximum Gasteiger partial charge on any atom is 0.136 e. The van der Waals surface area contributed by atoms with E-state index in [9.17, 15) is 5.11 Å². The van der Waals surface area contributed by atoms with Crippen LogP contribution in [0.15, 0.2) is 60.7 Å². The van der Waals surface area contributed by atoms with E-state index in [0.717, 1.165) is 49.9 Å². The van der Waals surface area contributed by atoms with E-state index in [1.807, 2.05) is 31.2 Å². The highest BCUT2D eigenvalue weighted by Crippen LogP contribution is 2.25. The molecule has 1 atom stereocenters. The van der Waals surface area contributed by atoms with Crippen molar-refractivity contribution in [2.75, 3.05) is 37.6 Å². The first-order valence-electron chi connectivity index (χ1n) is 11.2. The lowest BCUT2D eigenvalue weighted by Crippen LogP contribution is -2.49. The van der Waals surface area contributed by atoms with Gasteiger partial charge in [-0.15, -0.1) is 0 Å². The highest BCUT2D eigenvalue weighted by molar-refractivity contribution is 5.51. The minimum absolute atomic E-state index is 0.342. The Morgan fingerprint density at radius 2 is 1.45 bits per heavy atom. The van der Waals surface area contributed by atoms with Gasteiger partial charge in [-0.3, -0.25) is 4.90 Å². The van der Waals surface area contributed by atoms with Gasteiger partial charge in [-0.25, -0.2) is 9.97 Å². The summed E-state index contributed by atoms with van der Waals surface area (Å²) in [6.45, 7) is 8.45. The number of nitrogens with zero attached hydrogens (tertiary/aromatic N) is 4. The first-order valence-corrected chi connectivity index (χ1v) is 11.2. The van der Waals surface area contributed by atoms with Crippen LogP contribution in [-0.4, -0.2) is 58.8 Å². The lowest BCUT2D eigenvalue weighted by atomic mass is 10.0. The zero-order chi connectivity index (χ0) is 21.6. The summed E-state index contributed by atoms with van der Waals surface area (Å²) in [7, 11) is 0. The average molecular weight is 417 g/mol. The van der Waals surface area contributed by atoms with Crippen LogP contribution in [0.5, 0.6) is 0 Å². The minimum Gasteiger partial charge on any atom is -0.391 e. The summed E-state index contributed by atoms with van der Waals surface area (Å²) in [4.78, 5) is 14.2. The fourth-order valence-electron chi connectivity index (χ4n) is 4.38. The van der Waals surface area contributed by atoms with Crippen LogP contribution >= 0.6 is 0 Å². The number of benzene rings is 2. The van der Waals surface area contributed by atoms with Crippen molar-refractivity contribution in [3.63, 3.8) is 0 Å². The Labute approximate surface area is 185 Å². The third-order valence-electron chi connectivity index (χ3n) is 5.98. The number of anilines is 1. The number of piperazine rings is 1. The molecule has 31 heavy (non-hydrogen) atoms. The standard InChI is InChI=1S/C26H32N4O/c1-20-25(18-23-11-7-4-8-12-23)26(28-21(2)27-20)30-15-13-29(14-16-30)19-24(31)17-22-9-5-3-6-10-22/h3-12,24,31H,13-19H2,1-2H3/t24-/m0/s1. The monoisotopic (exact) mass is 416 g/mol. The molecule has 0 saturated carbocycles. The van der Waals surface area contributed by atoms with Crippen molar-refractivity contribution in [1.82, 2.24) is 14.9 Å². The van der Waals surface area contributed by atoms with Crippen LogP contribution in [0.4, 0.5) is 5.82 Å². The molecule has 2 heterocycles. The molecule has 0 radical (unpaired) electrons. The van der Waals surface area contributed by atoms with Gasteiger partial charge >= 0.3 is 0 Å². The van der Waals surface area contributed by atoms with Gasteiger partial charge in [0.2, 0.25) is 0 Å². The van der Waals surface area contributed by atoms with E-state index in [-0.39, 0.29) is 6.10 Å². The summed E-state index contributed by atoms with van der Waals surface area (Å²) < 4.78 is 0. The Hall–Kier alpha value is -2.76. The van der Waals surface area contributed by atoms with Crippen molar-refractivity contribution in [3.05, 3.63) is 88.9 Å². The zero-order valence-corrected chi connectivity index (χ0v) is 18.5. The molecule has 0 bridgehead atoms. The van der Waals surface area contributed by atoms with Crippen LogP contribution in [0.1, 0.15) is 28.2 Å². The maximum atomic E-state index is 10.5. The van der Waals surface area contributed by atoms with Gasteiger partial charge in [0, 0.05) is 50.4 Å². The van der Waals surface area contributed by atoms with Crippen LogP contribution in [0.25, 0.3) is 0 Å². The summed E-state index contributed by atoms with van der Waals surface area (Å²) >= 11 is 0. The van der Waals surface area contributed by atoms with Crippen molar-refractivity contribution in [3.8, 4) is 0 Å². The summed E-state index contributed by atoms with van der Waals surface area (Å²) in [5.74, 6) is 1.89. The zero-order valence-electron chi connectivity index (χ0n) is 18.5. The molecule has 0 aliphatic carbocycles. The van der Waals surface area contributed by atoms with E-state index >= 15 is 0 Å². The molecule has 1 aliphatic rings. The molecule has 3 aromatic rings. The fraction of sp³-hybridized carbons (Fsp3) is 0.385. The second-order valence-electron chi connectivity index (χ2n) is 8.45. The number of aliphatic hydroxyl groups is 1. The summed E-state index contributed by atoms with van der Waals surface area (Å²) in [5.41, 5.74) is 4.74. The Morgan fingerprint density at radius 1 is 0.839 bits per heavy atom. The van der Waals surface area contributed by atoms with Crippen LogP contribution in [0.3, 0.4) is 0 Å². The van der Waals surface area contributed by atoms with Crippen LogP contribution in [0, 0.1) is 13.8 Å². The van der Waals surface area contributed by atoms with Crippen molar-refractivity contribution in [1.29, 1.82) is 0 Å². The maximum absolute atomic E-state index is 10.5. The Bertz CT molecular complexity index is 969. The molecule has 5 heteroatoms. The second-order valence-corrected chi connectivity index (χ2v) is 8.45. The highest BCUT2D eigenvalue weighted by atomic mass is 16.3. The summed E-state index contributed by atoms with van der Waals surface area (Å²) in [5, 5.41) is 10.5. The van der Waals surface area contributed by atoms with E-state index in [1.54, 1.807) is 0 Å². The Kier molecular flexibility index (Phi) is 6.95. The van der Waals surface area contributed by atoms with Crippen LogP contribution in [0.2, 0.25) is 0 Å². The first-order chi connectivity index (χ1) is 15.1. The van der Waals surface area contributed by atoms with Crippen molar-refractivity contribution >= 4 is 5.82 Å². The number of β-amino-alcohol motifs (C(OH)–C–C–N with tert-alkyl or cyclic N) is 1. The minimum atomic E-state index is -0.342. The molecule has 1 aromatic heterocycles. The van der Waals surface area contributed by atoms with Gasteiger partial charge in [0.15, 0.2) is 0 Å². The van der Waals surface area contributed by atoms with Gasteiger partial charge in [0.1, 0.15) is 11.6 Å². The summed E-state index contributed by atoms with van der Waals surface area (Å²) in [6, 6.07) is 20.8. The third-order valence-corrected chi connectivity index (χ3v) is 5.98. The molecule has 1 fully saturated rings. The van der Waals surface area contributed by atoms with Crippen LogP contribution < -0.4 is 4.90 Å². The van der Waals surface area contributed by atoms with Gasteiger partial charge < -0.3 is 10.0 Å². The third kappa shape index (κ3) is 5.69. The van der Waals surface area contributed by atoms with E-state index in [1.165, 1.54) is 16.7 Å². The largest absolute Gasteiger partial charge is 0.391 e. The summed E-state index contributed by atoms with van der Waals surface area (Å²) in [6.07, 6.45) is 1.20. The normalized spacial score (nSPS) is 15.8. The molecule has 1 saturated heterocycles.